The highest BCUT2D eigenvalue weighted by molar-refractivity contribution is 7.45. The van der Waals surface area contributed by atoms with Crippen LogP contribution in [0.25, 0.3) is 0 Å². The predicted molar refractivity (Wildman–Crippen MR) is 45.9 cm³/mol. The molecule has 0 aliphatic rings. The van der Waals surface area contributed by atoms with Crippen molar-refractivity contribution in [1.29, 1.82) is 0 Å². The first-order valence-electron chi connectivity index (χ1n) is 3.72. The van der Waals surface area contributed by atoms with Gasteiger partial charge in [-0.15, -0.1) is 0 Å². The lowest BCUT2D eigenvalue weighted by molar-refractivity contribution is -0.159. The van der Waals surface area contributed by atoms with E-state index in [-0.39, 0.29) is 12.8 Å². The molecule has 0 fully saturated rings. The number of phosphoric acid groups is 1. The summed E-state index contributed by atoms with van der Waals surface area (Å²) in [7, 11) is -4.64. The van der Waals surface area contributed by atoms with Crippen LogP contribution in [0.4, 0.5) is 0 Å². The van der Waals surface area contributed by atoms with Crippen LogP contribution in [-0.4, -0.2) is 26.6 Å². The zero-order valence-corrected chi connectivity index (χ0v) is 8.73. The molecular formula is C6H13O7P. The maximum Gasteiger partial charge on any atom is 0.466 e. The summed E-state index contributed by atoms with van der Waals surface area (Å²) in [5.74, 6) is -0.913. The van der Waals surface area contributed by atoms with Gasteiger partial charge < -0.3 is 19.4 Å². The van der Waals surface area contributed by atoms with Gasteiger partial charge in [-0.3, -0.25) is 9.59 Å². The lowest BCUT2D eigenvalue weighted by Crippen LogP contribution is -2.09. The van der Waals surface area contributed by atoms with Gasteiger partial charge in [0.25, 0.3) is 0 Å². The Morgan fingerprint density at radius 3 is 1.43 bits per heavy atom. The van der Waals surface area contributed by atoms with Crippen molar-refractivity contribution < 1.29 is 33.6 Å². The van der Waals surface area contributed by atoms with Crippen LogP contribution in [0.5, 0.6) is 0 Å². The van der Waals surface area contributed by atoms with Gasteiger partial charge in [0.1, 0.15) is 0 Å². The predicted octanol–water partition coefficient (Wildman–Crippen LogP) is -0.0524. The molecule has 8 heteroatoms. The fourth-order valence-corrected chi connectivity index (χ4v) is 0.271. The molecule has 0 rings (SSSR count). The smallest absolute Gasteiger partial charge is 0.393 e. The molecule has 0 unspecified atom stereocenters. The first-order valence-corrected chi connectivity index (χ1v) is 5.29. The van der Waals surface area contributed by atoms with Crippen molar-refractivity contribution in [1.82, 2.24) is 0 Å². The van der Waals surface area contributed by atoms with E-state index < -0.39 is 19.8 Å². The van der Waals surface area contributed by atoms with Crippen molar-refractivity contribution in [2.24, 2.45) is 0 Å². The third-order valence-corrected chi connectivity index (χ3v) is 0.805. The number of hydrogen-bond donors (Lipinski definition) is 3. The molecule has 0 atom stereocenters. The van der Waals surface area contributed by atoms with E-state index in [1.807, 2.05) is 0 Å². The molecule has 0 radical (unpaired) electrons. The molecule has 0 aromatic carbocycles. The summed E-state index contributed by atoms with van der Waals surface area (Å²) in [6, 6.07) is 0. The fourth-order valence-electron chi connectivity index (χ4n) is 0.271. The Hall–Kier alpha value is -0.750. The highest BCUT2D eigenvalue weighted by atomic mass is 31.2. The van der Waals surface area contributed by atoms with E-state index in [1.54, 1.807) is 13.8 Å². The normalized spacial score (nSPS) is 9.79. The van der Waals surface area contributed by atoms with Gasteiger partial charge in [0.15, 0.2) is 0 Å². The average Bonchev–Trinajstić information content (AvgIpc) is 2.01. The second kappa shape index (κ2) is 7.64. The lowest BCUT2D eigenvalue weighted by atomic mass is 10.5. The van der Waals surface area contributed by atoms with Gasteiger partial charge in [-0.2, -0.15) is 0 Å². The van der Waals surface area contributed by atoms with E-state index in [9.17, 15) is 9.59 Å². The molecule has 14 heavy (non-hydrogen) atoms. The quantitative estimate of drug-likeness (QED) is 0.344. The average molecular weight is 228 g/mol. The van der Waals surface area contributed by atoms with Crippen molar-refractivity contribution in [2.45, 2.75) is 26.7 Å². The summed E-state index contributed by atoms with van der Waals surface area (Å²) in [5, 5.41) is 0. The number of carbonyl (C=O) groups excluding carboxylic acids is 2. The van der Waals surface area contributed by atoms with Gasteiger partial charge in [-0.1, -0.05) is 13.8 Å². The number of esters is 2. The van der Waals surface area contributed by atoms with E-state index in [0.717, 1.165) is 0 Å². The van der Waals surface area contributed by atoms with E-state index in [4.69, 9.17) is 19.2 Å². The topological polar surface area (TPSA) is 121 Å². The third-order valence-electron chi connectivity index (χ3n) is 0.805. The van der Waals surface area contributed by atoms with Crippen LogP contribution < -0.4 is 0 Å². The van der Waals surface area contributed by atoms with Gasteiger partial charge in [0, 0.05) is 12.8 Å². The summed E-state index contributed by atoms with van der Waals surface area (Å²) in [5.41, 5.74) is 0. The van der Waals surface area contributed by atoms with Crippen LogP contribution >= 0.6 is 7.82 Å². The van der Waals surface area contributed by atoms with E-state index >= 15 is 0 Å². The summed E-state index contributed by atoms with van der Waals surface area (Å²) in [6.45, 7) is 3.29. The first-order chi connectivity index (χ1) is 6.20. The van der Waals surface area contributed by atoms with Crippen LogP contribution in [-0.2, 0) is 18.9 Å². The minimum absolute atomic E-state index is 0.256. The highest BCUT2D eigenvalue weighted by Crippen LogP contribution is 2.25. The summed E-state index contributed by atoms with van der Waals surface area (Å²) in [4.78, 5) is 42.2. The Labute approximate surface area is 80.9 Å². The summed E-state index contributed by atoms with van der Waals surface area (Å²) < 4.78 is 13.2. The zero-order valence-electron chi connectivity index (χ0n) is 7.84. The van der Waals surface area contributed by atoms with Crippen LogP contribution in [0.15, 0.2) is 0 Å². The SMILES string of the molecule is CCC(=O)OC(=O)CC.O=P(O)(O)O. The second-order valence-electron chi connectivity index (χ2n) is 2.07. The molecule has 84 valence electrons. The molecule has 0 saturated carbocycles. The Morgan fingerprint density at radius 1 is 1.07 bits per heavy atom. The Kier molecular flexibility index (Phi) is 8.57. The minimum Gasteiger partial charge on any atom is -0.393 e. The van der Waals surface area contributed by atoms with Gasteiger partial charge in [0.2, 0.25) is 0 Å². The van der Waals surface area contributed by atoms with Crippen LogP contribution in [0, 0.1) is 0 Å². The number of carbonyl (C=O) groups is 2. The minimum atomic E-state index is -4.64. The monoisotopic (exact) mass is 228 g/mol. The van der Waals surface area contributed by atoms with E-state index in [0.29, 0.717) is 0 Å². The molecule has 0 saturated heterocycles. The van der Waals surface area contributed by atoms with E-state index in [2.05, 4.69) is 4.74 Å². The first kappa shape index (κ1) is 15.7. The van der Waals surface area contributed by atoms with Crippen molar-refractivity contribution in [3.8, 4) is 0 Å². The molecule has 0 aliphatic carbocycles. The van der Waals surface area contributed by atoms with Crippen LogP contribution in [0.3, 0.4) is 0 Å². The lowest BCUT2D eigenvalue weighted by Gasteiger charge is -1.95. The molecule has 0 aliphatic heterocycles. The van der Waals surface area contributed by atoms with Crippen LogP contribution in [0.2, 0.25) is 0 Å². The summed E-state index contributed by atoms with van der Waals surface area (Å²) >= 11 is 0. The van der Waals surface area contributed by atoms with Gasteiger partial charge in [0.05, 0.1) is 0 Å². The molecular weight excluding hydrogens is 215 g/mol. The molecule has 0 heterocycles. The Bertz CT molecular complexity index is 208. The van der Waals surface area contributed by atoms with Crippen molar-refractivity contribution in [2.75, 3.05) is 0 Å². The zero-order chi connectivity index (χ0) is 11.8. The third kappa shape index (κ3) is 22.5. The van der Waals surface area contributed by atoms with Gasteiger partial charge >= 0.3 is 19.8 Å². The number of rotatable bonds is 2. The molecule has 0 bridgehead atoms. The van der Waals surface area contributed by atoms with Crippen molar-refractivity contribution in [3.05, 3.63) is 0 Å². The summed E-state index contributed by atoms with van der Waals surface area (Å²) in [6.07, 6.45) is 0.511. The Morgan fingerprint density at radius 2 is 1.29 bits per heavy atom. The second-order valence-corrected chi connectivity index (χ2v) is 3.09. The molecule has 0 aromatic rings. The van der Waals surface area contributed by atoms with Crippen LogP contribution in [0.1, 0.15) is 26.7 Å². The maximum atomic E-state index is 10.3. The van der Waals surface area contributed by atoms with Crippen molar-refractivity contribution >= 4 is 19.8 Å². The number of ether oxygens (including phenoxy) is 1. The number of hydrogen-bond acceptors (Lipinski definition) is 4. The fraction of sp³-hybridized carbons (Fsp3) is 0.667. The molecule has 3 N–H and O–H groups in total. The molecule has 0 amide bonds. The largest absolute Gasteiger partial charge is 0.466 e. The van der Waals surface area contributed by atoms with E-state index in [1.165, 1.54) is 0 Å². The molecule has 0 spiro atoms. The highest BCUT2D eigenvalue weighted by Gasteiger charge is 2.03. The maximum absolute atomic E-state index is 10.3. The van der Waals surface area contributed by atoms with Gasteiger partial charge in [-0.25, -0.2) is 4.57 Å². The Balaban J connectivity index is 0. The van der Waals surface area contributed by atoms with Gasteiger partial charge in [-0.05, 0) is 0 Å². The molecule has 7 nitrogen and oxygen atoms in total. The van der Waals surface area contributed by atoms with Crippen molar-refractivity contribution in [3.63, 3.8) is 0 Å². The standard InChI is InChI=1S/C6H10O3.H3O4P/c1-3-5(7)9-6(8)4-2;1-5(2,3)4/h3-4H2,1-2H3;(H3,1,2,3,4). The molecule has 0 aromatic heterocycles.